The molecule has 0 aromatic carbocycles. The summed E-state index contributed by atoms with van der Waals surface area (Å²) >= 11 is 1.31. The maximum atomic E-state index is 12.7. The van der Waals surface area contributed by atoms with Gasteiger partial charge >= 0.3 is 0 Å². The van der Waals surface area contributed by atoms with Crippen LogP contribution in [0.1, 0.15) is 49.2 Å². The molecule has 0 unspecified atom stereocenters. The van der Waals surface area contributed by atoms with Gasteiger partial charge in [-0.1, -0.05) is 11.3 Å². The molecule has 1 heterocycles. The van der Waals surface area contributed by atoms with Crippen molar-refractivity contribution in [3.8, 4) is 0 Å². The van der Waals surface area contributed by atoms with Crippen LogP contribution in [0.5, 0.6) is 0 Å². The molecule has 118 valence electrons. The number of carbonyl (C=O) groups is 1. The van der Waals surface area contributed by atoms with Crippen molar-refractivity contribution in [2.75, 3.05) is 24.2 Å². The van der Waals surface area contributed by atoms with Crippen molar-refractivity contribution in [3.05, 3.63) is 4.88 Å². The first-order valence-corrected chi connectivity index (χ1v) is 8.29. The number of nitrogens with two attached hydrogens (primary N) is 1. The first-order valence-electron chi connectivity index (χ1n) is 7.47. The summed E-state index contributed by atoms with van der Waals surface area (Å²) in [5.74, 6) is 0.237. The van der Waals surface area contributed by atoms with E-state index in [2.05, 4.69) is 10.3 Å². The molecular weight excluding hydrogens is 288 g/mol. The molecule has 0 spiro atoms. The topological polar surface area (TPSA) is 91.5 Å². The smallest absolute Gasteiger partial charge is 0.268 e. The van der Waals surface area contributed by atoms with Gasteiger partial charge in [0.15, 0.2) is 5.13 Å². The van der Waals surface area contributed by atoms with Crippen molar-refractivity contribution >= 4 is 28.2 Å². The van der Waals surface area contributed by atoms with Crippen molar-refractivity contribution in [3.63, 3.8) is 0 Å². The molecule has 0 radical (unpaired) electrons. The lowest BCUT2D eigenvalue weighted by molar-refractivity contribution is 0.0568. The van der Waals surface area contributed by atoms with Gasteiger partial charge in [0.25, 0.3) is 5.91 Å². The molecule has 1 aliphatic carbocycles. The molecule has 1 saturated carbocycles. The van der Waals surface area contributed by atoms with Crippen LogP contribution in [0, 0.1) is 0 Å². The summed E-state index contributed by atoms with van der Waals surface area (Å²) in [5, 5.41) is 12.9. The van der Waals surface area contributed by atoms with Crippen LogP contribution in [0.25, 0.3) is 0 Å². The maximum absolute atomic E-state index is 12.7. The summed E-state index contributed by atoms with van der Waals surface area (Å²) < 4.78 is 0. The summed E-state index contributed by atoms with van der Waals surface area (Å²) in [5.41, 5.74) is 5.91. The summed E-state index contributed by atoms with van der Waals surface area (Å²) in [7, 11) is 0. The van der Waals surface area contributed by atoms with E-state index in [-0.39, 0.29) is 24.6 Å². The fourth-order valence-electron chi connectivity index (χ4n) is 2.31. The number of aliphatic hydroxyl groups excluding tert-OH is 1. The molecule has 2 rings (SSSR count). The zero-order valence-corrected chi connectivity index (χ0v) is 13.4. The third-order valence-electron chi connectivity index (χ3n) is 3.59. The highest BCUT2D eigenvalue weighted by Gasteiger charge is 2.31. The second kappa shape index (κ2) is 7.09. The molecule has 0 aliphatic heterocycles. The van der Waals surface area contributed by atoms with E-state index in [0.29, 0.717) is 28.8 Å². The van der Waals surface area contributed by atoms with E-state index in [1.54, 1.807) is 0 Å². The molecule has 7 heteroatoms. The number of carbonyl (C=O) groups excluding carboxylic acids is 1. The Morgan fingerprint density at radius 2 is 2.29 bits per heavy atom. The second-order valence-electron chi connectivity index (χ2n) is 5.69. The predicted molar refractivity (Wildman–Crippen MR) is 85.7 cm³/mol. The van der Waals surface area contributed by atoms with Crippen LogP contribution in [-0.2, 0) is 0 Å². The summed E-state index contributed by atoms with van der Waals surface area (Å²) in [4.78, 5) is 19.3. The van der Waals surface area contributed by atoms with Gasteiger partial charge < -0.3 is 21.1 Å². The molecule has 1 aromatic heterocycles. The van der Waals surface area contributed by atoms with Crippen molar-refractivity contribution < 1.29 is 9.90 Å². The van der Waals surface area contributed by atoms with E-state index in [4.69, 9.17) is 10.8 Å². The quantitative estimate of drug-likeness (QED) is 0.715. The minimum atomic E-state index is -0.0556. The zero-order chi connectivity index (χ0) is 15.4. The number of thiazole rings is 1. The monoisotopic (exact) mass is 312 g/mol. The maximum Gasteiger partial charge on any atom is 0.268 e. The average Bonchev–Trinajstić information content (AvgIpc) is 2.71. The lowest BCUT2D eigenvalue weighted by Gasteiger charge is -2.37. The summed E-state index contributed by atoms with van der Waals surface area (Å²) in [6.07, 6.45) is 3.82. The second-order valence-corrected chi connectivity index (χ2v) is 6.69. The van der Waals surface area contributed by atoms with Crippen LogP contribution in [0.4, 0.5) is 10.9 Å². The Labute approximate surface area is 129 Å². The highest BCUT2D eigenvalue weighted by molar-refractivity contribution is 7.18. The molecule has 21 heavy (non-hydrogen) atoms. The van der Waals surface area contributed by atoms with Crippen molar-refractivity contribution in [2.45, 2.75) is 51.6 Å². The number of amides is 1. The Morgan fingerprint density at radius 3 is 2.81 bits per heavy atom. The van der Waals surface area contributed by atoms with E-state index in [1.807, 2.05) is 18.7 Å². The first-order chi connectivity index (χ1) is 10.0. The van der Waals surface area contributed by atoms with E-state index in [1.165, 1.54) is 11.3 Å². The number of anilines is 2. The number of rotatable bonds is 7. The zero-order valence-electron chi connectivity index (χ0n) is 12.6. The average molecular weight is 312 g/mol. The SMILES string of the molecule is CC(C)Nc1nc(N)c(C(=O)N(CCCO)C2CCC2)s1. The van der Waals surface area contributed by atoms with Gasteiger partial charge in [0.1, 0.15) is 10.7 Å². The van der Waals surface area contributed by atoms with Gasteiger partial charge in [0.05, 0.1) is 0 Å². The number of nitrogens with one attached hydrogen (secondary N) is 1. The van der Waals surface area contributed by atoms with Gasteiger partial charge in [-0.05, 0) is 39.5 Å². The molecule has 0 atom stereocenters. The van der Waals surface area contributed by atoms with Gasteiger partial charge in [-0.3, -0.25) is 4.79 Å². The molecule has 0 saturated heterocycles. The van der Waals surface area contributed by atoms with E-state index in [9.17, 15) is 4.79 Å². The number of hydrogen-bond donors (Lipinski definition) is 3. The van der Waals surface area contributed by atoms with Gasteiger partial charge in [0, 0.05) is 25.2 Å². The van der Waals surface area contributed by atoms with Crippen LogP contribution in [0.2, 0.25) is 0 Å². The third kappa shape index (κ3) is 3.85. The Kier molecular flexibility index (Phi) is 5.41. The molecule has 1 fully saturated rings. The van der Waals surface area contributed by atoms with E-state index < -0.39 is 0 Å². The van der Waals surface area contributed by atoms with Gasteiger partial charge in [0.2, 0.25) is 0 Å². The minimum Gasteiger partial charge on any atom is -0.396 e. The number of aliphatic hydroxyl groups is 1. The molecule has 1 amide bonds. The fraction of sp³-hybridized carbons (Fsp3) is 0.714. The third-order valence-corrected chi connectivity index (χ3v) is 4.58. The molecule has 4 N–H and O–H groups in total. The molecule has 1 aliphatic rings. The Balaban J connectivity index is 2.13. The molecule has 0 bridgehead atoms. The van der Waals surface area contributed by atoms with E-state index in [0.717, 1.165) is 19.3 Å². The minimum absolute atomic E-state index is 0.0556. The van der Waals surface area contributed by atoms with Gasteiger partial charge in [-0.25, -0.2) is 4.98 Å². The summed E-state index contributed by atoms with van der Waals surface area (Å²) in [6.45, 7) is 4.70. The normalized spacial score (nSPS) is 15.0. The molecular formula is C14H24N4O2S. The lowest BCUT2D eigenvalue weighted by Crippen LogP contribution is -2.44. The van der Waals surface area contributed by atoms with Crippen LogP contribution in [0.15, 0.2) is 0 Å². The van der Waals surface area contributed by atoms with E-state index >= 15 is 0 Å². The number of hydrogen-bond acceptors (Lipinski definition) is 6. The highest BCUT2D eigenvalue weighted by Crippen LogP contribution is 2.31. The van der Waals surface area contributed by atoms with Gasteiger partial charge in [-0.2, -0.15) is 0 Å². The van der Waals surface area contributed by atoms with Crippen LogP contribution < -0.4 is 11.1 Å². The lowest BCUT2D eigenvalue weighted by atomic mass is 9.91. The summed E-state index contributed by atoms with van der Waals surface area (Å²) in [6, 6.07) is 0.530. The first kappa shape index (κ1) is 16.0. The number of aromatic nitrogens is 1. The molecule has 6 nitrogen and oxygen atoms in total. The predicted octanol–water partition coefficient (Wildman–Crippen LogP) is 1.92. The number of nitrogen functional groups attached to an aromatic ring is 1. The largest absolute Gasteiger partial charge is 0.396 e. The van der Waals surface area contributed by atoms with Crippen LogP contribution in [-0.4, -0.2) is 46.1 Å². The highest BCUT2D eigenvalue weighted by atomic mass is 32.1. The van der Waals surface area contributed by atoms with Crippen LogP contribution in [0.3, 0.4) is 0 Å². The van der Waals surface area contributed by atoms with Gasteiger partial charge in [-0.15, -0.1) is 0 Å². The number of nitrogens with zero attached hydrogens (tertiary/aromatic N) is 2. The standard InChI is InChI=1S/C14H24N4O2S/c1-9(2)16-14-17-12(15)11(21-14)13(20)18(7-4-8-19)10-5-3-6-10/h9-10,19H,3-8,15H2,1-2H3,(H,16,17). The van der Waals surface area contributed by atoms with Crippen molar-refractivity contribution in [1.29, 1.82) is 0 Å². The Bertz CT molecular complexity index is 485. The Morgan fingerprint density at radius 1 is 1.57 bits per heavy atom. The van der Waals surface area contributed by atoms with Crippen molar-refractivity contribution in [1.82, 2.24) is 9.88 Å². The molecule has 1 aromatic rings. The van der Waals surface area contributed by atoms with Crippen molar-refractivity contribution in [2.24, 2.45) is 0 Å². The fourth-order valence-corrected chi connectivity index (χ4v) is 3.30. The Hall–Kier alpha value is -1.34. The van der Waals surface area contributed by atoms with Crippen LogP contribution >= 0.6 is 11.3 Å².